The van der Waals surface area contributed by atoms with E-state index in [1.807, 2.05) is 6.92 Å². The fraction of sp³-hybridized carbons (Fsp3) is 0.615. The van der Waals surface area contributed by atoms with Gasteiger partial charge in [0, 0.05) is 31.4 Å². The number of anilines is 1. The van der Waals surface area contributed by atoms with Crippen molar-refractivity contribution in [1.29, 1.82) is 0 Å². The van der Waals surface area contributed by atoms with Crippen molar-refractivity contribution in [2.75, 3.05) is 38.2 Å². The third kappa shape index (κ3) is 4.36. The van der Waals surface area contributed by atoms with Crippen molar-refractivity contribution in [3.63, 3.8) is 0 Å². The SMILES string of the molecule is Cc1cc(C(N)=S)nc(NC(C)CN2CCOCC2)n1. The molecule has 110 valence electrons. The van der Waals surface area contributed by atoms with E-state index in [0.29, 0.717) is 16.6 Å². The van der Waals surface area contributed by atoms with Crippen molar-refractivity contribution in [2.45, 2.75) is 19.9 Å². The van der Waals surface area contributed by atoms with Gasteiger partial charge in [-0.3, -0.25) is 4.90 Å². The number of aryl methyl sites for hydroxylation is 1. The largest absolute Gasteiger partial charge is 0.388 e. The van der Waals surface area contributed by atoms with Crippen LogP contribution in [0.5, 0.6) is 0 Å². The number of nitrogens with zero attached hydrogens (tertiary/aromatic N) is 3. The lowest BCUT2D eigenvalue weighted by Gasteiger charge is -2.29. The van der Waals surface area contributed by atoms with Crippen LogP contribution in [0, 0.1) is 6.92 Å². The summed E-state index contributed by atoms with van der Waals surface area (Å²) in [6.07, 6.45) is 0. The molecule has 1 unspecified atom stereocenters. The smallest absolute Gasteiger partial charge is 0.223 e. The molecule has 0 spiro atoms. The lowest BCUT2D eigenvalue weighted by molar-refractivity contribution is 0.0368. The molecule has 1 atom stereocenters. The fourth-order valence-corrected chi connectivity index (χ4v) is 2.30. The molecule has 1 aliphatic heterocycles. The minimum atomic E-state index is 0.245. The van der Waals surface area contributed by atoms with Crippen molar-refractivity contribution in [3.8, 4) is 0 Å². The predicted octanol–water partition coefficient (Wildman–Crippen LogP) is 0.552. The zero-order valence-electron chi connectivity index (χ0n) is 11.9. The van der Waals surface area contributed by atoms with Gasteiger partial charge in [-0.05, 0) is 19.9 Å². The van der Waals surface area contributed by atoms with E-state index in [9.17, 15) is 0 Å². The van der Waals surface area contributed by atoms with Crippen LogP contribution >= 0.6 is 12.2 Å². The van der Waals surface area contributed by atoms with Gasteiger partial charge >= 0.3 is 0 Å². The van der Waals surface area contributed by atoms with Gasteiger partial charge < -0.3 is 15.8 Å². The molecular formula is C13H21N5OS. The Labute approximate surface area is 124 Å². The molecule has 0 saturated carbocycles. The molecule has 1 fully saturated rings. The first kappa shape index (κ1) is 15.1. The zero-order valence-corrected chi connectivity index (χ0v) is 12.7. The maximum atomic E-state index is 5.62. The van der Waals surface area contributed by atoms with Crippen LogP contribution < -0.4 is 11.1 Å². The first-order valence-electron chi connectivity index (χ1n) is 6.76. The summed E-state index contributed by atoms with van der Waals surface area (Å²) >= 11 is 4.96. The number of nitrogens with one attached hydrogen (secondary N) is 1. The van der Waals surface area contributed by atoms with Crippen LogP contribution in [0.4, 0.5) is 5.95 Å². The summed E-state index contributed by atoms with van der Waals surface area (Å²) in [6, 6.07) is 2.04. The molecule has 1 aliphatic rings. The van der Waals surface area contributed by atoms with Gasteiger partial charge in [-0.2, -0.15) is 0 Å². The van der Waals surface area contributed by atoms with Gasteiger partial charge in [-0.1, -0.05) is 12.2 Å². The number of nitrogens with two attached hydrogens (primary N) is 1. The van der Waals surface area contributed by atoms with Crippen molar-refractivity contribution in [3.05, 3.63) is 17.5 Å². The molecule has 0 aliphatic carbocycles. The summed E-state index contributed by atoms with van der Waals surface area (Å²) in [5, 5.41) is 3.31. The monoisotopic (exact) mass is 295 g/mol. The molecule has 0 aromatic carbocycles. The standard InChI is InChI=1S/C13H21N5OS/c1-9-7-11(12(14)20)17-13(15-9)16-10(2)8-18-3-5-19-6-4-18/h7,10H,3-6,8H2,1-2H3,(H2,14,20)(H,15,16,17). The summed E-state index contributed by atoms with van der Waals surface area (Å²) < 4.78 is 5.34. The van der Waals surface area contributed by atoms with Gasteiger partial charge in [-0.25, -0.2) is 9.97 Å². The molecule has 1 saturated heterocycles. The highest BCUT2D eigenvalue weighted by Crippen LogP contribution is 2.07. The van der Waals surface area contributed by atoms with Crippen LogP contribution in [0.2, 0.25) is 0 Å². The minimum Gasteiger partial charge on any atom is -0.388 e. The van der Waals surface area contributed by atoms with Gasteiger partial charge in [0.25, 0.3) is 0 Å². The lowest BCUT2D eigenvalue weighted by Crippen LogP contribution is -2.42. The number of hydrogen-bond acceptors (Lipinski definition) is 6. The van der Waals surface area contributed by atoms with Crippen LogP contribution in [0.25, 0.3) is 0 Å². The Bertz CT molecular complexity index is 476. The molecule has 0 radical (unpaired) electrons. The number of morpholine rings is 1. The van der Waals surface area contributed by atoms with E-state index in [1.54, 1.807) is 6.07 Å². The van der Waals surface area contributed by atoms with Crippen molar-refractivity contribution < 1.29 is 4.74 Å². The molecule has 0 amide bonds. The second-order valence-electron chi connectivity index (χ2n) is 5.04. The van der Waals surface area contributed by atoms with E-state index in [0.717, 1.165) is 38.5 Å². The predicted molar refractivity (Wildman–Crippen MR) is 83.0 cm³/mol. The number of hydrogen-bond donors (Lipinski definition) is 2. The second kappa shape index (κ2) is 6.92. The molecule has 3 N–H and O–H groups in total. The average Bonchev–Trinajstić information content (AvgIpc) is 2.38. The van der Waals surface area contributed by atoms with Gasteiger partial charge in [-0.15, -0.1) is 0 Å². The normalized spacial score (nSPS) is 17.7. The molecule has 0 bridgehead atoms. The Balaban J connectivity index is 1.96. The van der Waals surface area contributed by atoms with E-state index in [-0.39, 0.29) is 6.04 Å². The van der Waals surface area contributed by atoms with E-state index in [4.69, 9.17) is 22.7 Å². The Morgan fingerprint density at radius 3 is 2.85 bits per heavy atom. The first-order chi connectivity index (χ1) is 9.54. The summed E-state index contributed by atoms with van der Waals surface area (Å²) in [6.45, 7) is 8.50. The number of aromatic nitrogens is 2. The number of rotatable bonds is 5. The topological polar surface area (TPSA) is 76.3 Å². The molecule has 7 heteroatoms. The van der Waals surface area contributed by atoms with E-state index in [1.165, 1.54) is 0 Å². The Hall–Kier alpha value is -1.31. The summed E-state index contributed by atoms with van der Waals surface area (Å²) in [7, 11) is 0. The molecular weight excluding hydrogens is 274 g/mol. The highest BCUT2D eigenvalue weighted by molar-refractivity contribution is 7.80. The van der Waals surface area contributed by atoms with E-state index < -0.39 is 0 Å². The molecule has 20 heavy (non-hydrogen) atoms. The average molecular weight is 295 g/mol. The van der Waals surface area contributed by atoms with Crippen molar-refractivity contribution in [1.82, 2.24) is 14.9 Å². The van der Waals surface area contributed by atoms with Crippen LogP contribution in [0.1, 0.15) is 18.3 Å². The third-order valence-corrected chi connectivity index (χ3v) is 3.33. The summed E-state index contributed by atoms with van der Waals surface area (Å²) in [4.78, 5) is 11.4. The third-order valence-electron chi connectivity index (χ3n) is 3.12. The quantitative estimate of drug-likeness (QED) is 0.768. The van der Waals surface area contributed by atoms with E-state index >= 15 is 0 Å². The summed E-state index contributed by atoms with van der Waals surface area (Å²) in [5.41, 5.74) is 7.08. The lowest BCUT2D eigenvalue weighted by atomic mass is 10.3. The molecule has 1 aromatic rings. The Kier molecular flexibility index (Phi) is 5.22. The number of thiocarbonyl (C=S) groups is 1. The van der Waals surface area contributed by atoms with Crippen LogP contribution in [-0.2, 0) is 4.74 Å². The fourth-order valence-electron chi connectivity index (χ4n) is 2.20. The van der Waals surface area contributed by atoms with Crippen LogP contribution in [0.15, 0.2) is 6.07 Å². The maximum Gasteiger partial charge on any atom is 0.223 e. The van der Waals surface area contributed by atoms with Gasteiger partial charge in [0.1, 0.15) is 10.7 Å². The van der Waals surface area contributed by atoms with Gasteiger partial charge in [0.2, 0.25) is 5.95 Å². The first-order valence-corrected chi connectivity index (χ1v) is 7.17. The van der Waals surface area contributed by atoms with Gasteiger partial charge in [0.05, 0.1) is 13.2 Å². The summed E-state index contributed by atoms with van der Waals surface area (Å²) in [5.74, 6) is 0.577. The minimum absolute atomic E-state index is 0.245. The highest BCUT2D eigenvalue weighted by atomic mass is 32.1. The van der Waals surface area contributed by atoms with Crippen LogP contribution in [-0.4, -0.2) is 58.7 Å². The second-order valence-corrected chi connectivity index (χ2v) is 5.48. The molecule has 1 aromatic heterocycles. The Morgan fingerprint density at radius 2 is 2.20 bits per heavy atom. The molecule has 2 rings (SSSR count). The van der Waals surface area contributed by atoms with Gasteiger partial charge in [0.15, 0.2) is 0 Å². The van der Waals surface area contributed by atoms with Crippen molar-refractivity contribution in [2.24, 2.45) is 5.73 Å². The molecule has 2 heterocycles. The van der Waals surface area contributed by atoms with Crippen LogP contribution in [0.3, 0.4) is 0 Å². The van der Waals surface area contributed by atoms with Crippen molar-refractivity contribution >= 4 is 23.2 Å². The highest BCUT2D eigenvalue weighted by Gasteiger charge is 2.14. The van der Waals surface area contributed by atoms with E-state index in [2.05, 4.69) is 27.1 Å². The maximum absolute atomic E-state index is 5.62. The molecule has 6 nitrogen and oxygen atoms in total. The zero-order chi connectivity index (χ0) is 14.5. The Morgan fingerprint density at radius 1 is 1.50 bits per heavy atom. The number of ether oxygens (including phenoxy) is 1.